The Kier molecular flexibility index (Phi) is 3.62. The Morgan fingerprint density at radius 3 is 2.71 bits per heavy atom. The molecule has 6 heteroatoms. The summed E-state index contributed by atoms with van der Waals surface area (Å²) in [6.07, 6.45) is 0. The molecule has 106 valence electrons. The van der Waals surface area contributed by atoms with Gasteiger partial charge in [-0.25, -0.2) is 4.98 Å². The van der Waals surface area contributed by atoms with Gasteiger partial charge in [0.15, 0.2) is 0 Å². The Hall–Kier alpha value is -2.34. The number of pyridine rings is 1. The molecule has 21 heavy (non-hydrogen) atoms. The van der Waals surface area contributed by atoms with E-state index < -0.39 is 0 Å². The van der Waals surface area contributed by atoms with Crippen LogP contribution in [-0.4, -0.2) is 21.1 Å². The van der Waals surface area contributed by atoms with Gasteiger partial charge in [-0.05, 0) is 12.1 Å². The van der Waals surface area contributed by atoms with Crippen LogP contribution in [0.2, 0.25) is 0 Å². The molecular formula is C15H14N4OS. The molecule has 3 rings (SSSR count). The Bertz CT molecular complexity index is 797. The second-order valence-electron chi connectivity index (χ2n) is 4.94. The van der Waals surface area contributed by atoms with Crippen LogP contribution in [0.25, 0.3) is 10.9 Å². The molecule has 0 radical (unpaired) electrons. The molecule has 0 spiro atoms. The van der Waals surface area contributed by atoms with E-state index in [9.17, 15) is 4.79 Å². The Morgan fingerprint density at radius 1 is 1.14 bits per heavy atom. The van der Waals surface area contributed by atoms with Crippen LogP contribution in [-0.2, 0) is 0 Å². The van der Waals surface area contributed by atoms with Crippen LogP contribution in [0.4, 0.5) is 5.13 Å². The maximum Gasteiger partial charge on any atom is 0.276 e. The fourth-order valence-corrected chi connectivity index (χ4v) is 2.61. The standard InChI is InChI=1S/C15H14N4OS/c1-9(2)14-18-19-15(21-14)17-13(20)12-8-7-10-5-3-4-6-11(10)16-12/h3-9H,1-2H3,(H,17,19,20). The maximum atomic E-state index is 12.2. The number of benzene rings is 1. The predicted molar refractivity (Wildman–Crippen MR) is 83.7 cm³/mol. The summed E-state index contributed by atoms with van der Waals surface area (Å²) in [7, 11) is 0. The first-order valence-corrected chi connectivity index (χ1v) is 7.45. The van der Waals surface area contributed by atoms with Gasteiger partial charge in [0, 0.05) is 11.3 Å². The van der Waals surface area contributed by atoms with Crippen molar-refractivity contribution in [2.45, 2.75) is 19.8 Å². The van der Waals surface area contributed by atoms with E-state index in [4.69, 9.17) is 0 Å². The van der Waals surface area contributed by atoms with E-state index in [0.29, 0.717) is 16.7 Å². The zero-order chi connectivity index (χ0) is 14.8. The van der Waals surface area contributed by atoms with E-state index in [1.165, 1.54) is 11.3 Å². The van der Waals surface area contributed by atoms with Crippen LogP contribution >= 0.6 is 11.3 Å². The predicted octanol–water partition coefficient (Wildman–Crippen LogP) is 3.46. The monoisotopic (exact) mass is 298 g/mol. The molecule has 0 aliphatic heterocycles. The lowest BCUT2D eigenvalue weighted by Crippen LogP contribution is -2.13. The van der Waals surface area contributed by atoms with Gasteiger partial charge < -0.3 is 0 Å². The third-order valence-electron chi connectivity index (χ3n) is 2.99. The number of hydrogen-bond donors (Lipinski definition) is 1. The number of rotatable bonds is 3. The summed E-state index contributed by atoms with van der Waals surface area (Å²) in [6.45, 7) is 4.08. The SMILES string of the molecule is CC(C)c1nnc(NC(=O)c2ccc3ccccc3n2)s1. The number of fused-ring (bicyclic) bond motifs is 1. The largest absolute Gasteiger partial charge is 0.295 e. The van der Waals surface area contributed by atoms with Crippen LogP contribution in [0.1, 0.15) is 35.3 Å². The van der Waals surface area contributed by atoms with Crippen LogP contribution < -0.4 is 5.32 Å². The van der Waals surface area contributed by atoms with Crippen molar-refractivity contribution in [1.29, 1.82) is 0 Å². The average molecular weight is 298 g/mol. The molecule has 3 aromatic rings. The number of nitrogens with one attached hydrogen (secondary N) is 1. The van der Waals surface area contributed by atoms with Gasteiger partial charge in [-0.15, -0.1) is 10.2 Å². The van der Waals surface area contributed by atoms with Gasteiger partial charge in [0.25, 0.3) is 5.91 Å². The number of carbonyl (C=O) groups is 1. The van der Waals surface area contributed by atoms with Crippen molar-refractivity contribution in [2.24, 2.45) is 0 Å². The lowest BCUT2D eigenvalue weighted by molar-refractivity contribution is 0.102. The van der Waals surface area contributed by atoms with Gasteiger partial charge in [0.05, 0.1) is 5.52 Å². The van der Waals surface area contributed by atoms with Gasteiger partial charge in [-0.2, -0.15) is 0 Å². The Balaban J connectivity index is 1.82. The van der Waals surface area contributed by atoms with Gasteiger partial charge in [-0.1, -0.05) is 49.4 Å². The highest BCUT2D eigenvalue weighted by Crippen LogP contribution is 2.22. The molecule has 0 bridgehead atoms. The zero-order valence-electron chi connectivity index (χ0n) is 11.7. The molecule has 1 amide bonds. The topological polar surface area (TPSA) is 67.8 Å². The first kappa shape index (κ1) is 13.6. The van der Waals surface area contributed by atoms with Crippen LogP contribution in [0.5, 0.6) is 0 Å². The van der Waals surface area contributed by atoms with Crippen LogP contribution in [0.15, 0.2) is 36.4 Å². The van der Waals surface area contributed by atoms with Crippen molar-refractivity contribution in [2.75, 3.05) is 5.32 Å². The van der Waals surface area contributed by atoms with E-state index >= 15 is 0 Å². The maximum absolute atomic E-state index is 12.2. The average Bonchev–Trinajstić information content (AvgIpc) is 2.95. The van der Waals surface area contributed by atoms with Crippen molar-refractivity contribution >= 4 is 33.3 Å². The fourth-order valence-electron chi connectivity index (χ4n) is 1.87. The van der Waals surface area contributed by atoms with E-state index in [-0.39, 0.29) is 5.91 Å². The van der Waals surface area contributed by atoms with Gasteiger partial charge in [0.1, 0.15) is 10.7 Å². The lowest BCUT2D eigenvalue weighted by atomic mass is 10.2. The number of amides is 1. The fraction of sp³-hybridized carbons (Fsp3) is 0.200. The lowest BCUT2D eigenvalue weighted by Gasteiger charge is -2.02. The molecule has 0 aliphatic rings. The van der Waals surface area contributed by atoms with Crippen molar-refractivity contribution in [3.63, 3.8) is 0 Å². The quantitative estimate of drug-likeness (QED) is 0.804. The van der Waals surface area contributed by atoms with E-state index in [1.807, 2.05) is 44.2 Å². The molecule has 0 atom stereocenters. The van der Waals surface area contributed by atoms with Crippen molar-refractivity contribution in [3.05, 3.63) is 47.1 Å². The molecule has 0 unspecified atom stereocenters. The number of para-hydroxylation sites is 1. The number of carbonyl (C=O) groups excluding carboxylic acids is 1. The van der Waals surface area contributed by atoms with Crippen LogP contribution in [0.3, 0.4) is 0 Å². The summed E-state index contributed by atoms with van der Waals surface area (Å²) < 4.78 is 0. The number of hydrogen-bond acceptors (Lipinski definition) is 5. The third-order valence-corrected chi connectivity index (χ3v) is 4.13. The summed E-state index contributed by atoms with van der Waals surface area (Å²) >= 11 is 1.39. The van der Waals surface area contributed by atoms with Gasteiger partial charge in [0.2, 0.25) is 5.13 Å². The summed E-state index contributed by atoms with van der Waals surface area (Å²) in [5.74, 6) is 0.0270. The minimum atomic E-state index is -0.271. The molecule has 0 saturated carbocycles. The Labute approximate surface area is 126 Å². The highest BCUT2D eigenvalue weighted by molar-refractivity contribution is 7.15. The van der Waals surface area contributed by atoms with Crippen molar-refractivity contribution < 1.29 is 4.79 Å². The van der Waals surface area contributed by atoms with E-state index in [2.05, 4.69) is 20.5 Å². The number of anilines is 1. The molecule has 0 aliphatic carbocycles. The summed E-state index contributed by atoms with van der Waals surface area (Å²) in [4.78, 5) is 16.6. The molecule has 2 aromatic heterocycles. The summed E-state index contributed by atoms with van der Waals surface area (Å²) in [6, 6.07) is 11.3. The summed E-state index contributed by atoms with van der Waals surface area (Å²) in [5, 5.41) is 13.2. The highest BCUT2D eigenvalue weighted by atomic mass is 32.1. The Morgan fingerprint density at radius 2 is 1.95 bits per heavy atom. The minimum Gasteiger partial charge on any atom is -0.295 e. The van der Waals surface area contributed by atoms with E-state index in [0.717, 1.165) is 15.9 Å². The number of nitrogens with zero attached hydrogens (tertiary/aromatic N) is 3. The number of aromatic nitrogens is 3. The molecule has 1 N–H and O–H groups in total. The van der Waals surface area contributed by atoms with Gasteiger partial charge in [-0.3, -0.25) is 10.1 Å². The van der Waals surface area contributed by atoms with Crippen molar-refractivity contribution in [3.8, 4) is 0 Å². The van der Waals surface area contributed by atoms with Crippen LogP contribution in [0, 0.1) is 0 Å². The van der Waals surface area contributed by atoms with Crippen molar-refractivity contribution in [1.82, 2.24) is 15.2 Å². The second-order valence-corrected chi connectivity index (χ2v) is 5.95. The molecule has 1 aromatic carbocycles. The molecule has 2 heterocycles. The van der Waals surface area contributed by atoms with E-state index in [1.54, 1.807) is 6.07 Å². The first-order valence-electron chi connectivity index (χ1n) is 6.64. The first-order chi connectivity index (χ1) is 10.1. The highest BCUT2D eigenvalue weighted by Gasteiger charge is 2.13. The third kappa shape index (κ3) is 2.90. The molecule has 0 fully saturated rings. The second kappa shape index (κ2) is 5.57. The minimum absolute atomic E-state index is 0.271. The normalized spacial score (nSPS) is 11.0. The molecular weight excluding hydrogens is 284 g/mol. The zero-order valence-corrected chi connectivity index (χ0v) is 12.5. The summed E-state index contributed by atoms with van der Waals surface area (Å²) in [5.41, 5.74) is 1.17. The van der Waals surface area contributed by atoms with Gasteiger partial charge >= 0.3 is 0 Å². The molecule has 5 nitrogen and oxygen atoms in total. The molecule has 0 saturated heterocycles. The smallest absolute Gasteiger partial charge is 0.276 e.